The molecule has 0 aliphatic rings. The highest BCUT2D eigenvalue weighted by molar-refractivity contribution is 7.86. The predicted molar refractivity (Wildman–Crippen MR) is 79.7 cm³/mol. The number of oxime groups is 1. The molecule has 7 nitrogen and oxygen atoms in total. The van der Waals surface area contributed by atoms with Crippen LogP contribution in [0.3, 0.4) is 0 Å². The monoisotopic (exact) mass is 389 g/mol. The second kappa shape index (κ2) is 7.38. The maximum atomic E-state index is 13.0. The lowest BCUT2D eigenvalue weighted by atomic mass is 10.1. The van der Waals surface area contributed by atoms with Gasteiger partial charge in [-0.05, 0) is 30.7 Å². The standard InChI is InChI=1S/C12H14F3NO6S2/c1-3-8-24(19,20)22-16-11(12(13,14)15)9-4-6-10(7-5-9)21-23(2,17)18/h4-7H,3,8H2,1-2H3. The number of nitrogens with zero attached hydrogens (tertiary/aromatic N) is 1. The molecule has 0 spiro atoms. The van der Waals surface area contributed by atoms with Crippen LogP contribution in [-0.4, -0.2) is 40.7 Å². The molecule has 24 heavy (non-hydrogen) atoms. The van der Waals surface area contributed by atoms with Crippen molar-refractivity contribution < 1.29 is 38.5 Å². The van der Waals surface area contributed by atoms with E-state index in [1.807, 2.05) is 0 Å². The molecule has 0 atom stereocenters. The maximum Gasteiger partial charge on any atom is 0.437 e. The van der Waals surface area contributed by atoms with Gasteiger partial charge < -0.3 is 4.18 Å². The third-order valence-corrected chi connectivity index (χ3v) is 4.05. The smallest absolute Gasteiger partial charge is 0.383 e. The molecule has 136 valence electrons. The lowest BCUT2D eigenvalue weighted by molar-refractivity contribution is -0.0597. The van der Waals surface area contributed by atoms with Crippen LogP contribution in [-0.2, 0) is 24.5 Å². The largest absolute Gasteiger partial charge is 0.437 e. The molecule has 0 saturated heterocycles. The van der Waals surface area contributed by atoms with Gasteiger partial charge in [-0.15, -0.1) is 0 Å². The van der Waals surface area contributed by atoms with E-state index in [4.69, 9.17) is 0 Å². The SMILES string of the molecule is CCCS(=O)(=O)ON=C(c1ccc(OS(C)(=O)=O)cc1)C(F)(F)F. The Labute approximate surface area is 137 Å². The number of halogens is 3. The Bertz CT molecular complexity index is 798. The maximum absolute atomic E-state index is 13.0. The first-order valence-electron chi connectivity index (χ1n) is 6.40. The van der Waals surface area contributed by atoms with E-state index < -0.39 is 43.4 Å². The Morgan fingerprint density at radius 3 is 2.08 bits per heavy atom. The summed E-state index contributed by atoms with van der Waals surface area (Å²) in [5.41, 5.74) is -2.09. The van der Waals surface area contributed by atoms with Gasteiger partial charge in [-0.25, -0.2) is 0 Å². The van der Waals surface area contributed by atoms with Crippen LogP contribution in [0.2, 0.25) is 0 Å². The molecule has 1 aromatic carbocycles. The van der Waals surface area contributed by atoms with Gasteiger partial charge in [0.25, 0.3) is 0 Å². The van der Waals surface area contributed by atoms with E-state index in [9.17, 15) is 30.0 Å². The minimum atomic E-state index is -4.99. The van der Waals surface area contributed by atoms with Crippen molar-refractivity contribution in [3.8, 4) is 5.75 Å². The number of hydrogen-bond donors (Lipinski definition) is 0. The molecule has 0 N–H and O–H groups in total. The Morgan fingerprint density at radius 1 is 1.12 bits per heavy atom. The molecule has 1 aromatic rings. The first kappa shape index (κ1) is 20.2. The minimum absolute atomic E-state index is 0.150. The Morgan fingerprint density at radius 2 is 1.67 bits per heavy atom. The van der Waals surface area contributed by atoms with Gasteiger partial charge in [-0.1, -0.05) is 12.1 Å². The highest BCUT2D eigenvalue weighted by Gasteiger charge is 2.38. The fourth-order valence-corrected chi connectivity index (χ4v) is 2.72. The van der Waals surface area contributed by atoms with Gasteiger partial charge in [0.15, 0.2) is 5.71 Å². The summed E-state index contributed by atoms with van der Waals surface area (Å²) in [6, 6.07) is 3.70. The van der Waals surface area contributed by atoms with Crippen molar-refractivity contribution in [2.45, 2.75) is 19.5 Å². The van der Waals surface area contributed by atoms with Crippen molar-refractivity contribution in [1.82, 2.24) is 0 Å². The summed E-state index contributed by atoms with van der Waals surface area (Å²) in [5, 5.41) is 2.70. The Kier molecular flexibility index (Phi) is 6.22. The molecule has 0 heterocycles. The van der Waals surface area contributed by atoms with Crippen LogP contribution in [0.4, 0.5) is 13.2 Å². The normalized spacial score (nSPS) is 13.6. The Hall–Kier alpha value is -1.82. The lowest BCUT2D eigenvalue weighted by Gasteiger charge is -2.11. The van der Waals surface area contributed by atoms with Gasteiger partial charge in [0.2, 0.25) is 0 Å². The van der Waals surface area contributed by atoms with Crippen molar-refractivity contribution in [1.29, 1.82) is 0 Å². The van der Waals surface area contributed by atoms with Crippen molar-refractivity contribution in [2.75, 3.05) is 12.0 Å². The molecular formula is C12H14F3NO6S2. The third-order valence-electron chi connectivity index (χ3n) is 2.34. The molecule has 0 aromatic heterocycles. The molecule has 0 amide bonds. The summed E-state index contributed by atoms with van der Waals surface area (Å²) in [7, 11) is -8.05. The van der Waals surface area contributed by atoms with Crippen LogP contribution in [0.5, 0.6) is 5.75 Å². The van der Waals surface area contributed by atoms with Gasteiger partial charge in [-0.3, -0.25) is 4.28 Å². The number of hydrogen-bond acceptors (Lipinski definition) is 7. The molecule has 0 aliphatic carbocycles. The minimum Gasteiger partial charge on any atom is -0.383 e. The zero-order valence-electron chi connectivity index (χ0n) is 12.6. The summed E-state index contributed by atoms with van der Waals surface area (Å²) in [6.07, 6.45) is -4.06. The van der Waals surface area contributed by atoms with E-state index in [2.05, 4.69) is 13.6 Å². The third kappa shape index (κ3) is 6.74. The molecule has 0 bridgehead atoms. The second-order valence-electron chi connectivity index (χ2n) is 4.59. The van der Waals surface area contributed by atoms with E-state index in [1.54, 1.807) is 0 Å². The van der Waals surface area contributed by atoms with Crippen LogP contribution in [0.25, 0.3) is 0 Å². The summed E-state index contributed by atoms with van der Waals surface area (Å²) in [5.74, 6) is -0.690. The highest BCUT2D eigenvalue weighted by Crippen LogP contribution is 2.25. The van der Waals surface area contributed by atoms with E-state index in [-0.39, 0.29) is 12.2 Å². The van der Waals surface area contributed by atoms with Gasteiger partial charge in [0.1, 0.15) is 5.75 Å². The zero-order valence-corrected chi connectivity index (χ0v) is 14.2. The summed E-state index contributed by atoms with van der Waals surface area (Å²) in [4.78, 5) is 0. The molecule has 1 rings (SSSR count). The summed E-state index contributed by atoms with van der Waals surface area (Å²) in [6.45, 7) is 1.51. The highest BCUT2D eigenvalue weighted by atomic mass is 32.2. The topological polar surface area (TPSA) is 99.1 Å². The van der Waals surface area contributed by atoms with Crippen molar-refractivity contribution >= 4 is 25.9 Å². The molecular weight excluding hydrogens is 375 g/mol. The van der Waals surface area contributed by atoms with E-state index >= 15 is 0 Å². The van der Waals surface area contributed by atoms with E-state index in [0.29, 0.717) is 0 Å². The molecule has 0 fully saturated rings. The van der Waals surface area contributed by atoms with E-state index in [1.165, 1.54) is 6.92 Å². The number of rotatable bonds is 7. The van der Waals surface area contributed by atoms with Crippen LogP contribution >= 0.6 is 0 Å². The van der Waals surface area contributed by atoms with Gasteiger partial charge in [-0.2, -0.15) is 30.0 Å². The van der Waals surface area contributed by atoms with Gasteiger partial charge >= 0.3 is 26.4 Å². The first-order chi connectivity index (χ1) is 10.8. The number of alkyl halides is 3. The quantitative estimate of drug-likeness (QED) is 0.402. The van der Waals surface area contributed by atoms with E-state index in [0.717, 1.165) is 30.5 Å². The first-order valence-corrected chi connectivity index (χ1v) is 9.80. The number of benzene rings is 1. The summed E-state index contributed by atoms with van der Waals surface area (Å²) >= 11 is 0. The van der Waals surface area contributed by atoms with Crippen LogP contribution in [0.1, 0.15) is 18.9 Å². The van der Waals surface area contributed by atoms with Crippen LogP contribution in [0, 0.1) is 0 Å². The van der Waals surface area contributed by atoms with Crippen LogP contribution in [0.15, 0.2) is 29.4 Å². The molecule has 0 aliphatic heterocycles. The Balaban J connectivity index is 3.14. The molecule has 0 saturated carbocycles. The summed E-state index contributed by atoms with van der Waals surface area (Å²) < 4.78 is 92.1. The molecule has 0 unspecified atom stereocenters. The lowest BCUT2D eigenvalue weighted by Crippen LogP contribution is -2.25. The van der Waals surface area contributed by atoms with Crippen molar-refractivity contribution in [2.24, 2.45) is 5.16 Å². The van der Waals surface area contributed by atoms with Crippen molar-refractivity contribution in [3.63, 3.8) is 0 Å². The second-order valence-corrected chi connectivity index (χ2v) is 7.83. The average Bonchev–Trinajstić information content (AvgIpc) is 2.37. The van der Waals surface area contributed by atoms with Gasteiger partial charge in [0.05, 0.1) is 12.0 Å². The van der Waals surface area contributed by atoms with Crippen LogP contribution < -0.4 is 4.18 Å². The fraction of sp³-hybridized carbons (Fsp3) is 0.417. The fourth-order valence-electron chi connectivity index (χ4n) is 1.49. The molecule has 0 radical (unpaired) electrons. The molecule has 12 heteroatoms. The predicted octanol–water partition coefficient (Wildman–Crippen LogP) is 2.05. The van der Waals surface area contributed by atoms with Crippen molar-refractivity contribution in [3.05, 3.63) is 29.8 Å². The van der Waals surface area contributed by atoms with Gasteiger partial charge in [0, 0.05) is 5.56 Å². The average molecular weight is 389 g/mol. The zero-order chi connectivity index (χ0) is 18.6.